The third-order valence-corrected chi connectivity index (χ3v) is 3.03. The number of nitrogens with zero attached hydrogens (tertiary/aromatic N) is 1. The fourth-order valence-electron chi connectivity index (χ4n) is 2.08. The van der Waals surface area contributed by atoms with Crippen molar-refractivity contribution in [2.45, 2.75) is 38.1 Å². The molecule has 1 aliphatic carbocycles. The molecule has 2 rings (SSSR count). The maximum atomic E-state index is 5.16. The topological polar surface area (TPSA) is 21.6 Å². The first kappa shape index (κ1) is 14.3. The Labute approximate surface area is 114 Å². The Hall–Kier alpha value is -0.791. The van der Waals surface area contributed by atoms with Crippen molar-refractivity contribution in [3.05, 3.63) is 29.8 Å². The second kappa shape index (κ2) is 7.52. The van der Waals surface area contributed by atoms with Crippen LogP contribution in [0.3, 0.4) is 0 Å². The second-order valence-corrected chi connectivity index (χ2v) is 4.25. The molecule has 3 heteroatoms. The van der Waals surface area contributed by atoms with Gasteiger partial charge in [0.25, 0.3) is 0 Å². The minimum atomic E-state index is 0. The van der Waals surface area contributed by atoms with Crippen LogP contribution < -0.4 is 4.74 Å². The average molecular weight is 280 g/mol. The first-order valence-electron chi connectivity index (χ1n) is 5.97. The summed E-state index contributed by atoms with van der Waals surface area (Å²) in [6.45, 7) is 0. The van der Waals surface area contributed by atoms with Crippen LogP contribution in [0.25, 0.3) is 0 Å². The number of ether oxygens (including phenoxy) is 1. The molecule has 17 heavy (non-hydrogen) atoms. The molecule has 0 N–H and O–H groups in total. The number of rotatable bonds is 3. The number of hydrogen-bond acceptors (Lipinski definition) is 2. The van der Waals surface area contributed by atoms with Crippen molar-refractivity contribution in [1.29, 1.82) is 0 Å². The van der Waals surface area contributed by atoms with Crippen molar-refractivity contribution >= 4 is 6.21 Å². The third-order valence-electron chi connectivity index (χ3n) is 3.03. The molecule has 0 radical (unpaired) electrons. The summed E-state index contributed by atoms with van der Waals surface area (Å²) in [6.07, 6.45) is 8.42. The van der Waals surface area contributed by atoms with E-state index in [0.29, 0.717) is 6.04 Å². The summed E-state index contributed by atoms with van der Waals surface area (Å²) in [5.41, 5.74) is 1.00. The summed E-state index contributed by atoms with van der Waals surface area (Å²) in [5.74, 6) is 0.865. The molecule has 0 bridgehead atoms. The number of benzene rings is 1. The fourth-order valence-corrected chi connectivity index (χ4v) is 2.08. The van der Waals surface area contributed by atoms with Crippen LogP contribution in [-0.4, -0.2) is 19.4 Å². The number of hydrogen-bond donors (Lipinski definition) is 0. The van der Waals surface area contributed by atoms with Gasteiger partial charge in [-0.25, -0.2) is 0 Å². The van der Waals surface area contributed by atoms with Gasteiger partial charge in [-0.15, -0.1) is 29.8 Å². The average Bonchev–Trinajstić information content (AvgIpc) is 2.38. The summed E-state index contributed by atoms with van der Waals surface area (Å²) in [4.78, 5) is 4.62. The van der Waals surface area contributed by atoms with Crippen LogP contribution in [0.15, 0.2) is 23.2 Å². The molecule has 1 aromatic rings. The molecule has 0 aromatic heterocycles. The molecule has 1 aliphatic rings. The van der Waals surface area contributed by atoms with Gasteiger partial charge in [0.05, 0.1) is 7.11 Å². The zero-order valence-corrected chi connectivity index (χ0v) is 11.0. The summed E-state index contributed by atoms with van der Waals surface area (Å²) < 4.78 is 5.16. The molecule has 0 saturated heterocycles. The Morgan fingerprint density at radius 1 is 1.35 bits per heavy atom. The molecule has 0 amide bonds. The summed E-state index contributed by atoms with van der Waals surface area (Å²) in [5, 5.41) is 0. The van der Waals surface area contributed by atoms with Crippen molar-refractivity contribution in [3.63, 3.8) is 0 Å². The van der Waals surface area contributed by atoms with E-state index < -0.39 is 0 Å². The van der Waals surface area contributed by atoms with E-state index in [9.17, 15) is 0 Å². The van der Waals surface area contributed by atoms with E-state index in [2.05, 4.69) is 11.1 Å². The standard InChI is InChI=1S/C14H18NO.Cu/c1-16-14-9-5-6-12(10-14)11-15-13-7-3-2-4-8-13;/h5,9-11,13H,2-4,7-8H2,1H3;/q-1;+1. The molecule has 0 aliphatic heterocycles. The fraction of sp³-hybridized carbons (Fsp3) is 0.500. The molecule has 0 spiro atoms. The molecular formula is C14H18CuNO. The Morgan fingerprint density at radius 3 is 2.82 bits per heavy atom. The van der Waals surface area contributed by atoms with Gasteiger partial charge < -0.3 is 9.73 Å². The van der Waals surface area contributed by atoms with Crippen molar-refractivity contribution in [2.24, 2.45) is 4.99 Å². The van der Waals surface area contributed by atoms with Crippen LogP contribution in [0, 0.1) is 6.07 Å². The van der Waals surface area contributed by atoms with E-state index in [1.807, 2.05) is 24.4 Å². The van der Waals surface area contributed by atoms with Gasteiger partial charge in [0, 0.05) is 11.8 Å². The molecular weight excluding hydrogens is 262 g/mol. The Bertz CT molecular complexity index is 359. The van der Waals surface area contributed by atoms with Crippen LogP contribution in [-0.2, 0) is 17.1 Å². The molecule has 1 fully saturated rings. The zero-order chi connectivity index (χ0) is 11.2. The number of methoxy groups -OCH3 is 1. The van der Waals surface area contributed by atoms with Gasteiger partial charge in [0.15, 0.2) is 0 Å². The van der Waals surface area contributed by atoms with Crippen molar-refractivity contribution in [2.75, 3.05) is 7.11 Å². The van der Waals surface area contributed by atoms with Crippen LogP contribution >= 0.6 is 0 Å². The largest absolute Gasteiger partial charge is 1.00 e. The molecule has 1 saturated carbocycles. The predicted octanol–water partition coefficient (Wildman–Crippen LogP) is 3.24. The SMILES string of the molecule is COc1cc[c-]c(C=NC2CCCCC2)c1.[Cu+]. The molecule has 0 heterocycles. The van der Waals surface area contributed by atoms with E-state index in [4.69, 9.17) is 4.74 Å². The first-order valence-corrected chi connectivity index (χ1v) is 5.97. The van der Waals surface area contributed by atoms with E-state index >= 15 is 0 Å². The smallest absolute Gasteiger partial charge is 0.516 e. The van der Waals surface area contributed by atoms with E-state index in [1.165, 1.54) is 32.1 Å². The van der Waals surface area contributed by atoms with Crippen molar-refractivity contribution in [1.82, 2.24) is 0 Å². The van der Waals surface area contributed by atoms with Gasteiger partial charge in [-0.2, -0.15) is 0 Å². The molecule has 0 unspecified atom stereocenters. The molecule has 96 valence electrons. The van der Waals surface area contributed by atoms with Crippen LogP contribution in [0.2, 0.25) is 0 Å². The minimum absolute atomic E-state index is 0. The normalized spacial score (nSPS) is 16.8. The van der Waals surface area contributed by atoms with E-state index in [1.54, 1.807) is 7.11 Å². The molecule has 2 nitrogen and oxygen atoms in total. The molecule has 1 aromatic carbocycles. The van der Waals surface area contributed by atoms with E-state index in [0.717, 1.165) is 11.3 Å². The summed E-state index contributed by atoms with van der Waals surface area (Å²) >= 11 is 0. The monoisotopic (exact) mass is 279 g/mol. The van der Waals surface area contributed by atoms with Gasteiger partial charge in [-0.3, -0.25) is 0 Å². The predicted molar refractivity (Wildman–Crippen MR) is 66.3 cm³/mol. The maximum Gasteiger partial charge on any atom is 1.00 e. The van der Waals surface area contributed by atoms with E-state index in [-0.39, 0.29) is 17.1 Å². The van der Waals surface area contributed by atoms with Gasteiger partial charge in [0.2, 0.25) is 0 Å². The van der Waals surface area contributed by atoms with Crippen LogP contribution in [0.5, 0.6) is 5.75 Å². The summed E-state index contributed by atoms with van der Waals surface area (Å²) in [6, 6.07) is 9.42. The first-order chi connectivity index (χ1) is 7.88. The number of aliphatic imine (C=N–C) groups is 1. The zero-order valence-electron chi connectivity index (χ0n) is 10.1. The third kappa shape index (κ3) is 4.53. The molecule has 0 atom stereocenters. The summed E-state index contributed by atoms with van der Waals surface area (Å²) in [7, 11) is 1.68. The minimum Gasteiger partial charge on any atom is -0.516 e. The Morgan fingerprint density at radius 2 is 2.12 bits per heavy atom. The van der Waals surface area contributed by atoms with Crippen LogP contribution in [0.1, 0.15) is 37.7 Å². The van der Waals surface area contributed by atoms with Crippen molar-refractivity contribution < 1.29 is 21.8 Å². The quantitative estimate of drug-likeness (QED) is 0.473. The second-order valence-electron chi connectivity index (χ2n) is 4.25. The van der Waals surface area contributed by atoms with Gasteiger partial charge in [-0.1, -0.05) is 25.5 Å². The van der Waals surface area contributed by atoms with Gasteiger partial charge >= 0.3 is 17.1 Å². The van der Waals surface area contributed by atoms with Crippen molar-refractivity contribution in [3.8, 4) is 5.75 Å². The van der Waals surface area contributed by atoms with Gasteiger partial charge in [-0.05, 0) is 12.8 Å². The maximum absolute atomic E-state index is 5.16. The van der Waals surface area contributed by atoms with Gasteiger partial charge in [0.1, 0.15) is 0 Å². The Kier molecular flexibility index (Phi) is 6.31. The Balaban J connectivity index is 0.00000144. The van der Waals surface area contributed by atoms with Crippen LogP contribution in [0.4, 0.5) is 0 Å².